The minimum absolute atomic E-state index is 0.284. The highest BCUT2D eigenvalue weighted by Gasteiger charge is 2.09. The average Bonchev–Trinajstić information content (AvgIpc) is 2.94. The second-order valence-electron chi connectivity index (χ2n) is 4.84. The van der Waals surface area contributed by atoms with E-state index >= 15 is 0 Å². The van der Waals surface area contributed by atoms with Crippen LogP contribution in [0, 0.1) is 0 Å². The van der Waals surface area contributed by atoms with E-state index in [2.05, 4.69) is 31.1 Å². The minimum Gasteiger partial charge on any atom is -0.486 e. The quantitative estimate of drug-likeness (QED) is 0.807. The first kappa shape index (κ1) is 16.3. The molecule has 0 saturated heterocycles. The van der Waals surface area contributed by atoms with Gasteiger partial charge in [0.25, 0.3) is 0 Å². The lowest BCUT2D eigenvalue weighted by Crippen LogP contribution is -2.17. The summed E-state index contributed by atoms with van der Waals surface area (Å²) >= 11 is 7.97. The van der Waals surface area contributed by atoms with Gasteiger partial charge in [0.2, 0.25) is 0 Å². The van der Waals surface area contributed by atoms with Crippen LogP contribution in [0.2, 0.25) is 5.02 Å². The number of hydrogen-bond donors (Lipinski definition) is 1. The van der Waals surface area contributed by atoms with Crippen LogP contribution in [-0.2, 0) is 13.0 Å². The molecule has 0 fully saturated rings. The molecule has 0 saturated carbocycles. The van der Waals surface area contributed by atoms with Gasteiger partial charge in [-0.15, -0.1) is 11.3 Å². The molecule has 0 amide bonds. The zero-order chi connectivity index (χ0) is 15.2. The third-order valence-electron chi connectivity index (χ3n) is 3.24. The number of nitrogens with one attached hydrogen (secondary N) is 1. The Morgan fingerprint density at radius 3 is 2.81 bits per heavy atom. The Morgan fingerprint density at radius 1 is 1.38 bits per heavy atom. The molecular weight excluding hydrogens is 304 g/mol. The lowest BCUT2D eigenvalue weighted by Gasteiger charge is -2.14. The molecule has 1 unspecified atom stereocenters. The first-order valence-electron chi connectivity index (χ1n) is 7.23. The first-order valence-corrected chi connectivity index (χ1v) is 8.48. The molecule has 0 aliphatic heterocycles. The van der Waals surface area contributed by atoms with Crippen molar-refractivity contribution in [2.75, 3.05) is 6.54 Å². The van der Waals surface area contributed by atoms with Gasteiger partial charge in [-0.25, -0.2) is 4.98 Å². The van der Waals surface area contributed by atoms with Crippen LogP contribution in [0.25, 0.3) is 0 Å². The first-order chi connectivity index (χ1) is 10.1. The maximum Gasteiger partial charge on any atom is 0.138 e. The fraction of sp³-hybridized carbons (Fsp3) is 0.438. The Kier molecular flexibility index (Phi) is 6.03. The molecule has 21 heavy (non-hydrogen) atoms. The maximum atomic E-state index is 6.30. The number of ether oxygens (including phenoxy) is 1. The Balaban J connectivity index is 2.00. The molecule has 1 atom stereocenters. The van der Waals surface area contributed by atoms with E-state index in [0.717, 1.165) is 29.2 Å². The predicted octanol–water partition coefficient (Wildman–Crippen LogP) is 4.61. The maximum absolute atomic E-state index is 6.30. The zero-order valence-corrected chi connectivity index (χ0v) is 14.2. The smallest absolute Gasteiger partial charge is 0.138 e. The average molecular weight is 325 g/mol. The number of benzene rings is 1. The lowest BCUT2D eigenvalue weighted by atomic mass is 10.1. The highest BCUT2D eigenvalue weighted by atomic mass is 35.5. The molecule has 1 aromatic heterocycles. The van der Waals surface area contributed by atoms with Crippen LogP contribution in [0.15, 0.2) is 23.6 Å². The van der Waals surface area contributed by atoms with E-state index in [-0.39, 0.29) is 6.04 Å². The van der Waals surface area contributed by atoms with E-state index in [9.17, 15) is 0 Å². The Hall–Kier alpha value is -1.10. The van der Waals surface area contributed by atoms with E-state index in [1.54, 1.807) is 11.3 Å². The largest absolute Gasteiger partial charge is 0.486 e. The third-order valence-corrected chi connectivity index (χ3v) is 4.58. The van der Waals surface area contributed by atoms with Crippen LogP contribution in [0.4, 0.5) is 0 Å². The second-order valence-corrected chi connectivity index (χ2v) is 6.19. The number of hydrogen-bond acceptors (Lipinski definition) is 4. The fourth-order valence-corrected chi connectivity index (χ4v) is 3.03. The summed E-state index contributed by atoms with van der Waals surface area (Å²) < 4.78 is 5.77. The van der Waals surface area contributed by atoms with Gasteiger partial charge in [0.15, 0.2) is 0 Å². The zero-order valence-electron chi connectivity index (χ0n) is 12.6. The normalized spacial score (nSPS) is 12.4. The molecule has 114 valence electrons. The number of aryl methyl sites for hydroxylation is 1. The standard InChI is InChI=1S/C16H21ClN2OS/c1-4-16-19-13(10-21-16)9-20-15-7-6-12(8-14(15)17)11(3)18-5-2/h6-8,10-11,18H,4-5,9H2,1-3H3. The van der Waals surface area contributed by atoms with Crippen molar-refractivity contribution < 1.29 is 4.74 Å². The van der Waals surface area contributed by atoms with Gasteiger partial charge in [0, 0.05) is 11.4 Å². The SMILES string of the molecule is CCNC(C)c1ccc(OCc2csc(CC)n2)c(Cl)c1. The van der Waals surface area contributed by atoms with Gasteiger partial charge in [-0.05, 0) is 37.6 Å². The van der Waals surface area contributed by atoms with Gasteiger partial charge in [0.05, 0.1) is 15.7 Å². The van der Waals surface area contributed by atoms with Crippen LogP contribution in [0.3, 0.4) is 0 Å². The van der Waals surface area contributed by atoms with E-state index in [1.807, 2.05) is 23.6 Å². The molecule has 2 aromatic rings. The van der Waals surface area contributed by atoms with Crippen molar-refractivity contribution in [3.8, 4) is 5.75 Å². The van der Waals surface area contributed by atoms with Crippen LogP contribution in [-0.4, -0.2) is 11.5 Å². The van der Waals surface area contributed by atoms with E-state index in [1.165, 1.54) is 0 Å². The summed E-state index contributed by atoms with van der Waals surface area (Å²) in [5.74, 6) is 0.704. The molecule has 1 heterocycles. The van der Waals surface area contributed by atoms with Crippen molar-refractivity contribution in [1.29, 1.82) is 0 Å². The van der Waals surface area contributed by atoms with Gasteiger partial charge in [-0.3, -0.25) is 0 Å². The molecule has 0 aliphatic rings. The van der Waals surface area contributed by atoms with Crippen LogP contribution < -0.4 is 10.1 Å². The van der Waals surface area contributed by atoms with Crippen LogP contribution in [0.1, 0.15) is 43.1 Å². The minimum atomic E-state index is 0.284. The molecule has 0 spiro atoms. The number of rotatable bonds is 7. The number of aromatic nitrogens is 1. The van der Waals surface area contributed by atoms with Crippen molar-refractivity contribution in [2.45, 2.75) is 39.8 Å². The lowest BCUT2D eigenvalue weighted by molar-refractivity contribution is 0.302. The third kappa shape index (κ3) is 4.43. The summed E-state index contributed by atoms with van der Waals surface area (Å²) in [4.78, 5) is 4.48. The number of halogens is 1. The molecular formula is C16H21ClN2OS. The van der Waals surface area contributed by atoms with Crippen molar-refractivity contribution >= 4 is 22.9 Å². The summed E-state index contributed by atoms with van der Waals surface area (Å²) in [6, 6.07) is 6.22. The predicted molar refractivity (Wildman–Crippen MR) is 89.4 cm³/mol. The summed E-state index contributed by atoms with van der Waals surface area (Å²) in [7, 11) is 0. The molecule has 0 radical (unpaired) electrons. The highest BCUT2D eigenvalue weighted by molar-refractivity contribution is 7.09. The Morgan fingerprint density at radius 2 is 2.19 bits per heavy atom. The molecule has 3 nitrogen and oxygen atoms in total. The van der Waals surface area contributed by atoms with Crippen LogP contribution in [0.5, 0.6) is 5.75 Å². The van der Waals surface area contributed by atoms with Crippen molar-refractivity contribution in [2.24, 2.45) is 0 Å². The summed E-state index contributed by atoms with van der Waals surface area (Å²) in [6.07, 6.45) is 0.961. The fourth-order valence-electron chi connectivity index (χ4n) is 2.06. The Bertz CT molecular complexity index is 585. The molecule has 2 rings (SSSR count). The van der Waals surface area contributed by atoms with E-state index in [0.29, 0.717) is 17.4 Å². The van der Waals surface area contributed by atoms with Gasteiger partial charge in [-0.2, -0.15) is 0 Å². The van der Waals surface area contributed by atoms with Gasteiger partial charge in [-0.1, -0.05) is 31.5 Å². The summed E-state index contributed by atoms with van der Waals surface area (Å²) in [5, 5.41) is 7.18. The number of nitrogens with zero attached hydrogens (tertiary/aromatic N) is 1. The van der Waals surface area contributed by atoms with Crippen LogP contribution >= 0.6 is 22.9 Å². The van der Waals surface area contributed by atoms with Gasteiger partial charge in [0.1, 0.15) is 12.4 Å². The van der Waals surface area contributed by atoms with Crippen molar-refractivity contribution in [3.05, 3.63) is 44.9 Å². The molecule has 0 bridgehead atoms. The van der Waals surface area contributed by atoms with Crippen molar-refractivity contribution in [1.82, 2.24) is 10.3 Å². The topological polar surface area (TPSA) is 34.1 Å². The van der Waals surface area contributed by atoms with Crippen molar-refractivity contribution in [3.63, 3.8) is 0 Å². The summed E-state index contributed by atoms with van der Waals surface area (Å²) in [5.41, 5.74) is 2.12. The molecule has 1 aromatic carbocycles. The summed E-state index contributed by atoms with van der Waals surface area (Å²) in [6.45, 7) is 7.70. The highest BCUT2D eigenvalue weighted by Crippen LogP contribution is 2.28. The number of thiazole rings is 1. The second kappa shape index (κ2) is 7.78. The van der Waals surface area contributed by atoms with E-state index in [4.69, 9.17) is 16.3 Å². The molecule has 1 N–H and O–H groups in total. The molecule has 0 aliphatic carbocycles. The van der Waals surface area contributed by atoms with Gasteiger partial charge < -0.3 is 10.1 Å². The molecule has 5 heteroatoms. The van der Waals surface area contributed by atoms with Gasteiger partial charge >= 0.3 is 0 Å². The Labute approximate surface area is 135 Å². The van der Waals surface area contributed by atoms with E-state index < -0.39 is 0 Å². The monoisotopic (exact) mass is 324 g/mol.